The molecule has 0 rings (SSSR count). The van der Waals surface area contributed by atoms with Crippen molar-refractivity contribution in [1.29, 1.82) is 0 Å². The molecule has 2 atom stereocenters. The lowest BCUT2D eigenvalue weighted by atomic mass is 9.96. The molecule has 1 amide bonds. The molecular formula is C13H24N2O5. The predicted molar refractivity (Wildman–Crippen MR) is 72.7 cm³/mol. The van der Waals surface area contributed by atoms with Gasteiger partial charge in [-0.25, -0.2) is 0 Å². The van der Waals surface area contributed by atoms with Crippen molar-refractivity contribution in [3.63, 3.8) is 0 Å². The summed E-state index contributed by atoms with van der Waals surface area (Å²) in [6.45, 7) is 6.17. The second-order valence-electron chi connectivity index (χ2n) is 5.02. The van der Waals surface area contributed by atoms with Gasteiger partial charge in [0.15, 0.2) is 6.10 Å². The van der Waals surface area contributed by atoms with Crippen LogP contribution in [0.5, 0.6) is 0 Å². The van der Waals surface area contributed by atoms with E-state index >= 15 is 0 Å². The van der Waals surface area contributed by atoms with Crippen molar-refractivity contribution in [2.45, 2.75) is 52.2 Å². The first-order chi connectivity index (χ1) is 9.16. The average molecular weight is 288 g/mol. The van der Waals surface area contributed by atoms with Gasteiger partial charge < -0.3 is 20.5 Å². The Kier molecular flexibility index (Phi) is 7.83. The van der Waals surface area contributed by atoms with E-state index in [0.717, 1.165) is 0 Å². The summed E-state index contributed by atoms with van der Waals surface area (Å²) < 4.78 is 9.71. The lowest BCUT2D eigenvalue weighted by Gasteiger charge is -2.23. The molecule has 0 aliphatic heterocycles. The van der Waals surface area contributed by atoms with Crippen molar-refractivity contribution in [2.24, 2.45) is 5.73 Å². The summed E-state index contributed by atoms with van der Waals surface area (Å²) in [6.07, 6.45) is 0.136. The topological polar surface area (TPSA) is 108 Å². The van der Waals surface area contributed by atoms with Gasteiger partial charge in [-0.2, -0.15) is 0 Å². The van der Waals surface area contributed by atoms with Gasteiger partial charge in [0.2, 0.25) is 5.91 Å². The standard InChI is InChI=1S/C13H24N2O5/c1-5-13(4,14)6-12(18)15-7-11(20-10(3)17)8-19-9(2)16/h11H,5-8,14H2,1-4H3,(H,15,18). The van der Waals surface area contributed by atoms with E-state index in [1.54, 1.807) is 6.92 Å². The predicted octanol–water partition coefficient (Wildman–Crippen LogP) is 0.115. The highest BCUT2D eigenvalue weighted by Gasteiger charge is 2.21. The van der Waals surface area contributed by atoms with E-state index in [0.29, 0.717) is 6.42 Å². The lowest BCUT2D eigenvalue weighted by Crippen LogP contribution is -2.44. The largest absolute Gasteiger partial charge is 0.462 e. The van der Waals surface area contributed by atoms with Crippen LogP contribution in [0.25, 0.3) is 0 Å². The molecule has 0 aromatic heterocycles. The summed E-state index contributed by atoms with van der Waals surface area (Å²) >= 11 is 0. The van der Waals surface area contributed by atoms with Crippen molar-refractivity contribution in [1.82, 2.24) is 5.32 Å². The maximum atomic E-state index is 11.7. The van der Waals surface area contributed by atoms with Gasteiger partial charge in [-0.3, -0.25) is 14.4 Å². The van der Waals surface area contributed by atoms with Crippen molar-refractivity contribution < 1.29 is 23.9 Å². The Morgan fingerprint density at radius 1 is 1.25 bits per heavy atom. The molecule has 0 heterocycles. The minimum atomic E-state index is -0.703. The van der Waals surface area contributed by atoms with Crippen LogP contribution in [0.2, 0.25) is 0 Å². The van der Waals surface area contributed by atoms with Gasteiger partial charge in [-0.1, -0.05) is 6.92 Å². The van der Waals surface area contributed by atoms with Gasteiger partial charge in [-0.05, 0) is 13.3 Å². The summed E-state index contributed by atoms with van der Waals surface area (Å²) in [4.78, 5) is 33.4. The first-order valence-corrected chi connectivity index (χ1v) is 6.52. The summed E-state index contributed by atoms with van der Waals surface area (Å²) in [5.74, 6) is -1.22. The molecule has 116 valence electrons. The highest BCUT2D eigenvalue weighted by atomic mass is 16.6. The molecule has 2 unspecified atom stereocenters. The summed E-state index contributed by atoms with van der Waals surface area (Å²) in [5, 5.41) is 2.61. The van der Waals surface area contributed by atoms with E-state index in [1.807, 2.05) is 6.92 Å². The zero-order valence-corrected chi connectivity index (χ0v) is 12.5. The summed E-state index contributed by atoms with van der Waals surface area (Å²) in [7, 11) is 0. The quantitative estimate of drug-likeness (QED) is 0.614. The van der Waals surface area contributed by atoms with E-state index in [4.69, 9.17) is 15.2 Å². The molecule has 0 bridgehead atoms. The third-order valence-electron chi connectivity index (χ3n) is 2.70. The van der Waals surface area contributed by atoms with Crippen molar-refractivity contribution in [2.75, 3.05) is 13.2 Å². The van der Waals surface area contributed by atoms with Crippen LogP contribution in [0.3, 0.4) is 0 Å². The number of rotatable bonds is 8. The van der Waals surface area contributed by atoms with Crippen molar-refractivity contribution >= 4 is 17.8 Å². The van der Waals surface area contributed by atoms with Crippen LogP contribution >= 0.6 is 0 Å². The maximum Gasteiger partial charge on any atom is 0.303 e. The Morgan fingerprint density at radius 2 is 1.85 bits per heavy atom. The fourth-order valence-electron chi connectivity index (χ4n) is 1.36. The van der Waals surface area contributed by atoms with Crippen LogP contribution in [0, 0.1) is 0 Å². The molecule has 0 fully saturated rings. The molecule has 0 radical (unpaired) electrons. The number of nitrogens with one attached hydrogen (secondary N) is 1. The number of carbonyl (C=O) groups excluding carboxylic acids is 3. The SMILES string of the molecule is CCC(C)(N)CC(=O)NCC(COC(C)=O)OC(C)=O. The van der Waals surface area contributed by atoms with Gasteiger partial charge in [0.25, 0.3) is 0 Å². The fraction of sp³-hybridized carbons (Fsp3) is 0.769. The Hall–Kier alpha value is -1.63. The monoisotopic (exact) mass is 288 g/mol. The number of nitrogens with two attached hydrogens (primary N) is 1. The van der Waals surface area contributed by atoms with Gasteiger partial charge in [0.05, 0.1) is 6.54 Å². The maximum absolute atomic E-state index is 11.7. The minimum absolute atomic E-state index is 0.0749. The van der Waals surface area contributed by atoms with E-state index in [-0.39, 0.29) is 25.5 Å². The van der Waals surface area contributed by atoms with Gasteiger partial charge >= 0.3 is 11.9 Å². The van der Waals surface area contributed by atoms with Crippen LogP contribution < -0.4 is 11.1 Å². The molecule has 3 N–H and O–H groups in total. The minimum Gasteiger partial charge on any atom is -0.462 e. The van der Waals surface area contributed by atoms with Gasteiger partial charge in [0, 0.05) is 25.8 Å². The Labute approximate surface area is 119 Å². The van der Waals surface area contributed by atoms with Gasteiger partial charge in [-0.15, -0.1) is 0 Å². The highest BCUT2D eigenvalue weighted by Crippen LogP contribution is 2.09. The van der Waals surface area contributed by atoms with E-state index < -0.39 is 23.6 Å². The lowest BCUT2D eigenvalue weighted by molar-refractivity contribution is -0.156. The van der Waals surface area contributed by atoms with Crippen molar-refractivity contribution in [3.8, 4) is 0 Å². The molecular weight excluding hydrogens is 264 g/mol. The molecule has 0 aliphatic rings. The number of esters is 2. The van der Waals surface area contributed by atoms with Crippen LogP contribution in [0.15, 0.2) is 0 Å². The first-order valence-electron chi connectivity index (χ1n) is 6.52. The number of amides is 1. The number of hydrogen-bond donors (Lipinski definition) is 2. The molecule has 7 heteroatoms. The van der Waals surface area contributed by atoms with Crippen LogP contribution in [0.4, 0.5) is 0 Å². The molecule has 20 heavy (non-hydrogen) atoms. The number of hydrogen-bond acceptors (Lipinski definition) is 6. The van der Waals surface area contributed by atoms with E-state index in [9.17, 15) is 14.4 Å². The van der Waals surface area contributed by atoms with E-state index in [1.165, 1.54) is 13.8 Å². The Morgan fingerprint density at radius 3 is 2.30 bits per heavy atom. The average Bonchev–Trinajstić information content (AvgIpc) is 2.31. The third kappa shape index (κ3) is 9.32. The Bertz CT molecular complexity index is 355. The number of carbonyl (C=O) groups is 3. The van der Waals surface area contributed by atoms with E-state index in [2.05, 4.69) is 5.32 Å². The molecule has 0 saturated heterocycles. The zero-order valence-electron chi connectivity index (χ0n) is 12.5. The highest BCUT2D eigenvalue weighted by molar-refractivity contribution is 5.77. The molecule has 0 aliphatic carbocycles. The van der Waals surface area contributed by atoms with Crippen molar-refractivity contribution in [3.05, 3.63) is 0 Å². The smallest absolute Gasteiger partial charge is 0.303 e. The number of ether oxygens (including phenoxy) is 2. The van der Waals surface area contributed by atoms with Gasteiger partial charge in [0.1, 0.15) is 6.61 Å². The first kappa shape index (κ1) is 18.4. The van der Waals surface area contributed by atoms with Crippen LogP contribution in [0.1, 0.15) is 40.5 Å². The third-order valence-corrected chi connectivity index (χ3v) is 2.70. The second-order valence-corrected chi connectivity index (χ2v) is 5.02. The van der Waals surface area contributed by atoms with Crippen LogP contribution in [-0.2, 0) is 23.9 Å². The molecule has 7 nitrogen and oxygen atoms in total. The molecule has 0 aromatic carbocycles. The normalized spacial score (nSPS) is 14.8. The Balaban J connectivity index is 4.26. The molecule has 0 spiro atoms. The molecule has 0 aromatic rings. The second kappa shape index (κ2) is 8.52. The summed E-state index contributed by atoms with van der Waals surface area (Å²) in [5.41, 5.74) is 5.31. The zero-order chi connectivity index (χ0) is 15.8. The van der Waals surface area contributed by atoms with Crippen LogP contribution in [-0.4, -0.2) is 42.6 Å². The summed E-state index contributed by atoms with van der Waals surface area (Å²) in [6, 6.07) is 0. The molecule has 0 saturated carbocycles. The fourth-order valence-corrected chi connectivity index (χ4v) is 1.36.